The highest BCUT2D eigenvalue weighted by Crippen LogP contribution is 2.17. The smallest absolute Gasteiger partial charge is 0.133 e. The summed E-state index contributed by atoms with van der Waals surface area (Å²) < 4.78 is 5.04. The van der Waals surface area contributed by atoms with Gasteiger partial charge < -0.3 is 9.84 Å². The maximum Gasteiger partial charge on any atom is 0.133 e. The molecule has 2 heterocycles. The summed E-state index contributed by atoms with van der Waals surface area (Å²) in [4.78, 5) is 0. The van der Waals surface area contributed by atoms with Gasteiger partial charge in [-0.3, -0.25) is 0 Å². The Bertz CT molecular complexity index is 264. The van der Waals surface area contributed by atoms with Crippen LogP contribution in [-0.4, -0.2) is 18.2 Å². The minimum atomic E-state index is 0.797. The fraction of sp³-hybridized carbons (Fsp3) is 0.700. The second-order valence-electron chi connectivity index (χ2n) is 3.83. The van der Waals surface area contributed by atoms with Gasteiger partial charge >= 0.3 is 0 Å². The highest BCUT2D eigenvalue weighted by atomic mass is 16.5. The van der Waals surface area contributed by atoms with Crippen molar-refractivity contribution in [3.8, 4) is 0 Å². The molecule has 1 aromatic heterocycles. The Morgan fingerprint density at radius 1 is 1.54 bits per heavy atom. The minimum Gasteiger partial charge on any atom is -0.361 e. The Hall–Kier alpha value is -0.830. The summed E-state index contributed by atoms with van der Waals surface area (Å²) in [6.45, 7) is 4.25. The largest absolute Gasteiger partial charge is 0.361 e. The van der Waals surface area contributed by atoms with Crippen molar-refractivity contribution in [1.82, 2.24) is 10.5 Å². The van der Waals surface area contributed by atoms with Gasteiger partial charge in [0.15, 0.2) is 0 Å². The molecule has 0 aliphatic carbocycles. The van der Waals surface area contributed by atoms with Gasteiger partial charge in [-0.15, -0.1) is 0 Å². The van der Waals surface area contributed by atoms with E-state index in [2.05, 4.69) is 10.5 Å². The lowest BCUT2D eigenvalue weighted by molar-refractivity contribution is 0.351. The highest BCUT2D eigenvalue weighted by Gasteiger charge is 2.14. The lowest BCUT2D eigenvalue weighted by Gasteiger charge is -2.21. The summed E-state index contributed by atoms with van der Waals surface area (Å²) in [7, 11) is 0. The molecule has 1 aliphatic heterocycles. The lowest BCUT2D eigenvalue weighted by Crippen LogP contribution is -2.28. The van der Waals surface area contributed by atoms with Crippen LogP contribution in [0.2, 0.25) is 0 Å². The SMILES string of the molecule is Cc1cc(CC2CCNCC2)no1. The van der Waals surface area contributed by atoms with Crippen molar-refractivity contribution >= 4 is 0 Å². The first kappa shape index (κ1) is 8.75. The van der Waals surface area contributed by atoms with E-state index in [4.69, 9.17) is 4.52 Å². The van der Waals surface area contributed by atoms with E-state index in [0.717, 1.165) is 36.9 Å². The molecule has 1 fully saturated rings. The van der Waals surface area contributed by atoms with E-state index in [1.54, 1.807) is 0 Å². The van der Waals surface area contributed by atoms with Crippen LogP contribution in [0.3, 0.4) is 0 Å². The topological polar surface area (TPSA) is 38.1 Å². The molecular formula is C10H16N2O. The van der Waals surface area contributed by atoms with Gasteiger partial charge in [-0.1, -0.05) is 5.16 Å². The van der Waals surface area contributed by atoms with Crippen molar-refractivity contribution in [2.75, 3.05) is 13.1 Å². The molecule has 0 aromatic carbocycles. The first-order valence-corrected chi connectivity index (χ1v) is 4.97. The minimum absolute atomic E-state index is 0.797. The Balaban J connectivity index is 1.89. The number of nitrogens with zero attached hydrogens (tertiary/aromatic N) is 1. The molecule has 13 heavy (non-hydrogen) atoms. The number of aromatic nitrogens is 1. The van der Waals surface area contributed by atoms with Gasteiger partial charge in [-0.2, -0.15) is 0 Å². The number of hydrogen-bond acceptors (Lipinski definition) is 3. The van der Waals surface area contributed by atoms with Crippen molar-refractivity contribution in [1.29, 1.82) is 0 Å². The maximum atomic E-state index is 5.04. The van der Waals surface area contributed by atoms with Crippen LogP contribution >= 0.6 is 0 Å². The molecule has 72 valence electrons. The predicted octanol–water partition coefficient (Wildman–Crippen LogP) is 1.53. The molecule has 0 atom stereocenters. The molecule has 1 N–H and O–H groups in total. The first-order chi connectivity index (χ1) is 6.34. The highest BCUT2D eigenvalue weighted by molar-refractivity contribution is 5.04. The fourth-order valence-corrected chi connectivity index (χ4v) is 1.90. The van der Waals surface area contributed by atoms with Crippen molar-refractivity contribution in [3.63, 3.8) is 0 Å². The first-order valence-electron chi connectivity index (χ1n) is 4.97. The normalized spacial score (nSPS) is 19.2. The quantitative estimate of drug-likeness (QED) is 0.750. The molecule has 3 nitrogen and oxygen atoms in total. The van der Waals surface area contributed by atoms with Gasteiger partial charge in [-0.25, -0.2) is 0 Å². The lowest BCUT2D eigenvalue weighted by atomic mass is 9.93. The van der Waals surface area contributed by atoms with Crippen molar-refractivity contribution < 1.29 is 4.52 Å². The van der Waals surface area contributed by atoms with Crippen LogP contribution in [0.1, 0.15) is 24.3 Å². The molecule has 3 heteroatoms. The Kier molecular flexibility index (Phi) is 2.64. The van der Waals surface area contributed by atoms with Crippen LogP contribution < -0.4 is 5.32 Å². The van der Waals surface area contributed by atoms with E-state index >= 15 is 0 Å². The summed E-state index contributed by atoms with van der Waals surface area (Å²) in [6, 6.07) is 2.04. The zero-order valence-electron chi connectivity index (χ0n) is 8.05. The van der Waals surface area contributed by atoms with Crippen molar-refractivity contribution in [3.05, 3.63) is 17.5 Å². The van der Waals surface area contributed by atoms with Gasteiger partial charge in [0.25, 0.3) is 0 Å². The second kappa shape index (κ2) is 3.92. The summed E-state index contributed by atoms with van der Waals surface area (Å²) in [5, 5.41) is 7.38. The molecule has 0 radical (unpaired) electrons. The van der Waals surface area contributed by atoms with E-state index in [1.165, 1.54) is 12.8 Å². The third-order valence-corrected chi connectivity index (χ3v) is 2.63. The molecule has 1 aromatic rings. The molecule has 2 rings (SSSR count). The van der Waals surface area contributed by atoms with Gasteiger partial charge in [0, 0.05) is 6.07 Å². The van der Waals surface area contributed by atoms with Crippen LogP contribution in [0.15, 0.2) is 10.6 Å². The van der Waals surface area contributed by atoms with Gasteiger partial charge in [0.1, 0.15) is 5.76 Å². The average molecular weight is 180 g/mol. The van der Waals surface area contributed by atoms with Crippen molar-refractivity contribution in [2.45, 2.75) is 26.2 Å². The van der Waals surface area contributed by atoms with Crippen LogP contribution in [0.5, 0.6) is 0 Å². The molecule has 0 unspecified atom stereocenters. The second-order valence-corrected chi connectivity index (χ2v) is 3.83. The van der Waals surface area contributed by atoms with Crippen LogP contribution in [0.25, 0.3) is 0 Å². The number of hydrogen-bond donors (Lipinski definition) is 1. The van der Waals surface area contributed by atoms with Gasteiger partial charge in [0.05, 0.1) is 5.69 Å². The molecule has 1 aliphatic rings. The Morgan fingerprint density at radius 2 is 2.31 bits per heavy atom. The number of aryl methyl sites for hydroxylation is 1. The van der Waals surface area contributed by atoms with E-state index in [0.29, 0.717) is 0 Å². The van der Waals surface area contributed by atoms with Crippen LogP contribution in [0, 0.1) is 12.8 Å². The summed E-state index contributed by atoms with van der Waals surface area (Å²) in [5.74, 6) is 1.72. The third-order valence-electron chi connectivity index (χ3n) is 2.63. The standard InChI is InChI=1S/C10H16N2O/c1-8-6-10(12-13-8)7-9-2-4-11-5-3-9/h6,9,11H,2-5,7H2,1H3. The molecule has 0 amide bonds. The van der Waals surface area contributed by atoms with Crippen molar-refractivity contribution in [2.24, 2.45) is 5.92 Å². The fourth-order valence-electron chi connectivity index (χ4n) is 1.90. The van der Waals surface area contributed by atoms with E-state index in [1.807, 2.05) is 13.0 Å². The summed E-state index contributed by atoms with van der Waals surface area (Å²) in [5.41, 5.74) is 1.12. The third kappa shape index (κ3) is 2.31. The number of piperidine rings is 1. The summed E-state index contributed by atoms with van der Waals surface area (Å²) in [6.07, 6.45) is 3.62. The van der Waals surface area contributed by atoms with Crippen LogP contribution in [-0.2, 0) is 6.42 Å². The van der Waals surface area contributed by atoms with E-state index < -0.39 is 0 Å². The molecular weight excluding hydrogens is 164 g/mol. The molecule has 0 bridgehead atoms. The molecule has 0 saturated carbocycles. The maximum absolute atomic E-state index is 5.04. The summed E-state index contributed by atoms with van der Waals surface area (Å²) >= 11 is 0. The monoisotopic (exact) mass is 180 g/mol. The van der Waals surface area contributed by atoms with E-state index in [9.17, 15) is 0 Å². The molecule has 0 spiro atoms. The Morgan fingerprint density at radius 3 is 2.92 bits per heavy atom. The van der Waals surface area contributed by atoms with E-state index in [-0.39, 0.29) is 0 Å². The van der Waals surface area contributed by atoms with Gasteiger partial charge in [-0.05, 0) is 45.2 Å². The average Bonchev–Trinajstić information content (AvgIpc) is 2.53. The zero-order chi connectivity index (χ0) is 9.10. The van der Waals surface area contributed by atoms with Crippen LogP contribution in [0.4, 0.5) is 0 Å². The number of nitrogens with one attached hydrogen (secondary N) is 1. The number of rotatable bonds is 2. The Labute approximate surface area is 78.5 Å². The predicted molar refractivity (Wildman–Crippen MR) is 50.5 cm³/mol. The zero-order valence-corrected chi connectivity index (χ0v) is 8.05. The molecule has 1 saturated heterocycles. The van der Waals surface area contributed by atoms with Gasteiger partial charge in [0.2, 0.25) is 0 Å².